The molecule has 0 saturated carbocycles. The first kappa shape index (κ1) is 19.8. The summed E-state index contributed by atoms with van der Waals surface area (Å²) < 4.78 is 43.4. The van der Waals surface area contributed by atoms with Crippen LogP contribution in [-0.2, 0) is 17.5 Å². The first-order valence-corrected chi connectivity index (χ1v) is 7.64. The number of carboxylic acids is 1. The van der Waals surface area contributed by atoms with Gasteiger partial charge >= 0.3 is 18.2 Å². The first-order chi connectivity index (χ1) is 12.8. The number of rotatable bonds is 4. The number of amides is 1. The van der Waals surface area contributed by atoms with E-state index in [4.69, 9.17) is 9.84 Å². The summed E-state index contributed by atoms with van der Waals surface area (Å²) in [6, 6.07) is 11.3. The average Bonchev–Trinajstić information content (AvgIpc) is 2.63. The van der Waals surface area contributed by atoms with Crippen LogP contribution in [0, 0.1) is 11.8 Å². The molecule has 0 aliphatic heterocycles. The summed E-state index contributed by atoms with van der Waals surface area (Å²) in [7, 11) is 0. The second kappa shape index (κ2) is 8.76. The first-order valence-electron chi connectivity index (χ1n) is 7.64. The molecule has 5 nitrogen and oxygen atoms in total. The zero-order valence-corrected chi connectivity index (χ0v) is 13.8. The van der Waals surface area contributed by atoms with E-state index in [1.54, 1.807) is 24.3 Å². The van der Waals surface area contributed by atoms with Crippen LogP contribution in [0.4, 0.5) is 18.0 Å². The second-order valence-corrected chi connectivity index (χ2v) is 5.32. The van der Waals surface area contributed by atoms with Gasteiger partial charge in [-0.2, -0.15) is 13.2 Å². The van der Waals surface area contributed by atoms with Crippen molar-refractivity contribution in [3.05, 3.63) is 70.8 Å². The standard InChI is InChI=1S/C19H14F3NO4/c20-19(21,22)16-10-14(9-15(11-16)17(24)25)7-4-8-23-18(26)27-12-13-5-2-1-3-6-13/h1-3,5-6,9-11H,8,12H2,(H,23,26)(H,24,25). The molecule has 2 aromatic rings. The number of benzene rings is 2. The van der Waals surface area contributed by atoms with Crippen LogP contribution in [0.5, 0.6) is 0 Å². The average molecular weight is 377 g/mol. The van der Waals surface area contributed by atoms with E-state index >= 15 is 0 Å². The zero-order valence-electron chi connectivity index (χ0n) is 13.8. The van der Waals surface area contributed by atoms with Crippen molar-refractivity contribution in [3.8, 4) is 11.8 Å². The van der Waals surface area contributed by atoms with Crippen molar-refractivity contribution in [1.82, 2.24) is 5.32 Å². The van der Waals surface area contributed by atoms with Crippen LogP contribution in [0.15, 0.2) is 48.5 Å². The largest absolute Gasteiger partial charge is 0.478 e. The van der Waals surface area contributed by atoms with Crippen molar-refractivity contribution in [1.29, 1.82) is 0 Å². The minimum Gasteiger partial charge on any atom is -0.478 e. The van der Waals surface area contributed by atoms with E-state index in [9.17, 15) is 22.8 Å². The summed E-state index contributed by atoms with van der Waals surface area (Å²) in [5, 5.41) is 11.2. The van der Waals surface area contributed by atoms with Crippen LogP contribution >= 0.6 is 0 Å². The van der Waals surface area contributed by atoms with Crippen molar-refractivity contribution in [2.24, 2.45) is 0 Å². The predicted octanol–water partition coefficient (Wildman–Crippen LogP) is 3.68. The lowest BCUT2D eigenvalue weighted by atomic mass is 10.1. The van der Waals surface area contributed by atoms with Crippen molar-refractivity contribution >= 4 is 12.1 Å². The SMILES string of the molecule is O=C(NCC#Cc1cc(C(=O)O)cc(C(F)(F)F)c1)OCc1ccccc1. The fraction of sp³-hybridized carbons (Fsp3) is 0.158. The maximum Gasteiger partial charge on any atom is 0.416 e. The number of aromatic carboxylic acids is 1. The van der Waals surface area contributed by atoms with Gasteiger partial charge in [0.2, 0.25) is 0 Å². The van der Waals surface area contributed by atoms with Crippen LogP contribution in [0.2, 0.25) is 0 Å². The maximum absolute atomic E-state index is 12.8. The van der Waals surface area contributed by atoms with Gasteiger partial charge in [0.05, 0.1) is 17.7 Å². The maximum atomic E-state index is 12.8. The summed E-state index contributed by atoms with van der Waals surface area (Å²) >= 11 is 0. The van der Waals surface area contributed by atoms with Crippen LogP contribution in [-0.4, -0.2) is 23.7 Å². The quantitative estimate of drug-likeness (QED) is 0.797. The number of nitrogens with one attached hydrogen (secondary N) is 1. The Bertz CT molecular complexity index is 883. The molecule has 0 saturated heterocycles. The molecule has 2 N–H and O–H groups in total. The lowest BCUT2D eigenvalue weighted by Gasteiger charge is -2.08. The van der Waals surface area contributed by atoms with Crippen molar-refractivity contribution in [2.45, 2.75) is 12.8 Å². The molecule has 0 fully saturated rings. The van der Waals surface area contributed by atoms with Crippen LogP contribution < -0.4 is 5.32 Å². The number of carbonyl (C=O) groups excluding carboxylic acids is 1. The van der Waals surface area contributed by atoms with Crippen LogP contribution in [0.25, 0.3) is 0 Å². The molecule has 0 atom stereocenters. The lowest BCUT2D eigenvalue weighted by Crippen LogP contribution is -2.24. The molecular formula is C19H14F3NO4. The molecule has 140 valence electrons. The molecule has 0 radical (unpaired) electrons. The molecule has 0 aromatic heterocycles. The highest BCUT2D eigenvalue weighted by Gasteiger charge is 2.31. The van der Waals surface area contributed by atoms with Gasteiger partial charge in [-0.3, -0.25) is 0 Å². The summed E-state index contributed by atoms with van der Waals surface area (Å²) in [5.74, 6) is 3.36. The molecule has 8 heteroatoms. The third-order valence-corrected chi connectivity index (χ3v) is 3.27. The Morgan fingerprint density at radius 3 is 2.44 bits per heavy atom. The Morgan fingerprint density at radius 2 is 1.81 bits per heavy atom. The molecule has 27 heavy (non-hydrogen) atoms. The molecule has 0 spiro atoms. The molecule has 0 bridgehead atoms. The Balaban J connectivity index is 1.95. The normalized spacial score (nSPS) is 10.5. The molecule has 0 aliphatic carbocycles. The molecular weight excluding hydrogens is 363 g/mol. The Hall–Kier alpha value is -3.47. The van der Waals surface area contributed by atoms with Crippen molar-refractivity contribution < 1.29 is 32.6 Å². The van der Waals surface area contributed by atoms with E-state index in [1.165, 1.54) is 0 Å². The molecule has 0 unspecified atom stereocenters. The number of halogens is 3. The van der Waals surface area contributed by atoms with E-state index in [0.29, 0.717) is 6.07 Å². The van der Waals surface area contributed by atoms with Gasteiger partial charge in [0.25, 0.3) is 0 Å². The van der Waals surface area contributed by atoms with Gasteiger partial charge in [-0.1, -0.05) is 42.2 Å². The Morgan fingerprint density at radius 1 is 1.11 bits per heavy atom. The lowest BCUT2D eigenvalue weighted by molar-refractivity contribution is -0.137. The number of hydrogen-bond acceptors (Lipinski definition) is 3. The fourth-order valence-corrected chi connectivity index (χ4v) is 2.02. The highest BCUT2D eigenvalue weighted by atomic mass is 19.4. The number of carbonyl (C=O) groups is 2. The van der Waals surface area contributed by atoms with Crippen molar-refractivity contribution in [2.75, 3.05) is 6.54 Å². The number of hydrogen-bond donors (Lipinski definition) is 2. The Kier molecular flexibility index (Phi) is 6.44. The number of alkyl carbamates (subject to hydrolysis) is 1. The summed E-state index contributed by atoms with van der Waals surface area (Å²) in [5.41, 5.74) is -0.961. The van der Waals surface area contributed by atoms with Gasteiger partial charge in [-0.05, 0) is 23.8 Å². The Labute approximate surface area is 152 Å². The van der Waals surface area contributed by atoms with Gasteiger partial charge in [0.1, 0.15) is 6.61 Å². The molecule has 0 aliphatic rings. The number of alkyl halides is 3. The van der Waals surface area contributed by atoms with E-state index < -0.39 is 29.4 Å². The molecule has 0 heterocycles. The minimum absolute atomic E-state index is 0.0652. The monoisotopic (exact) mass is 377 g/mol. The van der Waals surface area contributed by atoms with Gasteiger partial charge in [-0.25, -0.2) is 9.59 Å². The third kappa shape index (κ3) is 6.40. The zero-order chi connectivity index (χ0) is 19.9. The van der Waals surface area contributed by atoms with Gasteiger partial charge in [-0.15, -0.1) is 0 Å². The van der Waals surface area contributed by atoms with E-state index in [1.807, 2.05) is 6.07 Å². The van der Waals surface area contributed by atoms with E-state index in [-0.39, 0.29) is 18.7 Å². The van der Waals surface area contributed by atoms with Crippen LogP contribution in [0.3, 0.4) is 0 Å². The highest BCUT2D eigenvalue weighted by Crippen LogP contribution is 2.30. The topological polar surface area (TPSA) is 75.6 Å². The predicted molar refractivity (Wildman–Crippen MR) is 89.9 cm³/mol. The minimum atomic E-state index is -4.69. The van der Waals surface area contributed by atoms with Gasteiger partial charge in [0.15, 0.2) is 0 Å². The van der Waals surface area contributed by atoms with Gasteiger partial charge < -0.3 is 15.2 Å². The van der Waals surface area contributed by atoms with E-state index in [0.717, 1.165) is 17.7 Å². The summed E-state index contributed by atoms with van der Waals surface area (Å²) in [6.07, 6.45) is -5.43. The number of ether oxygens (including phenoxy) is 1. The summed E-state index contributed by atoms with van der Waals surface area (Å²) in [4.78, 5) is 22.5. The molecule has 2 rings (SSSR count). The third-order valence-electron chi connectivity index (χ3n) is 3.27. The number of carboxylic acid groups (broad SMARTS) is 1. The highest BCUT2D eigenvalue weighted by molar-refractivity contribution is 5.88. The molecule has 2 aromatic carbocycles. The fourth-order valence-electron chi connectivity index (χ4n) is 2.02. The van der Waals surface area contributed by atoms with E-state index in [2.05, 4.69) is 17.2 Å². The second-order valence-electron chi connectivity index (χ2n) is 5.32. The molecule has 1 amide bonds. The summed E-state index contributed by atoms with van der Waals surface area (Å²) in [6.45, 7) is -0.109. The smallest absolute Gasteiger partial charge is 0.416 e. The van der Waals surface area contributed by atoms with Crippen LogP contribution in [0.1, 0.15) is 27.0 Å². The van der Waals surface area contributed by atoms with Crippen molar-refractivity contribution in [3.63, 3.8) is 0 Å². The van der Waals surface area contributed by atoms with Gasteiger partial charge in [0, 0.05) is 5.56 Å².